The standard InChI is InChI=1S/C16H21NO2S/c1-4-12-7-8-20-16(12)13(17)9-11-5-6-14(18-2)15(10-11)19-3/h5-8,10,13H,4,9,17H2,1-3H3. The summed E-state index contributed by atoms with van der Waals surface area (Å²) in [6.45, 7) is 2.16. The summed E-state index contributed by atoms with van der Waals surface area (Å²) in [5, 5.41) is 2.11. The fourth-order valence-corrected chi connectivity index (χ4v) is 3.32. The average Bonchev–Trinajstić information content (AvgIpc) is 2.95. The minimum absolute atomic E-state index is 0.0306. The second-order valence-electron chi connectivity index (χ2n) is 4.66. The molecular weight excluding hydrogens is 270 g/mol. The Kier molecular flexibility index (Phi) is 5.04. The quantitative estimate of drug-likeness (QED) is 0.885. The lowest BCUT2D eigenvalue weighted by Gasteiger charge is -2.14. The van der Waals surface area contributed by atoms with E-state index in [-0.39, 0.29) is 6.04 Å². The van der Waals surface area contributed by atoms with E-state index < -0.39 is 0 Å². The number of aryl methyl sites for hydroxylation is 1. The number of rotatable bonds is 6. The van der Waals surface area contributed by atoms with E-state index in [1.165, 1.54) is 10.4 Å². The van der Waals surface area contributed by atoms with Crippen LogP contribution >= 0.6 is 11.3 Å². The van der Waals surface area contributed by atoms with E-state index in [0.717, 1.165) is 29.9 Å². The number of hydrogen-bond acceptors (Lipinski definition) is 4. The van der Waals surface area contributed by atoms with E-state index in [1.54, 1.807) is 25.6 Å². The van der Waals surface area contributed by atoms with Crippen molar-refractivity contribution in [2.75, 3.05) is 14.2 Å². The SMILES string of the molecule is CCc1ccsc1C(N)Cc1ccc(OC)c(OC)c1. The molecule has 2 aromatic rings. The molecule has 1 atom stereocenters. The van der Waals surface area contributed by atoms with Gasteiger partial charge in [0, 0.05) is 10.9 Å². The maximum absolute atomic E-state index is 6.35. The van der Waals surface area contributed by atoms with E-state index in [2.05, 4.69) is 18.4 Å². The van der Waals surface area contributed by atoms with Crippen molar-refractivity contribution < 1.29 is 9.47 Å². The summed E-state index contributed by atoms with van der Waals surface area (Å²) in [5.41, 5.74) is 8.86. The minimum atomic E-state index is 0.0306. The Morgan fingerprint density at radius 3 is 2.55 bits per heavy atom. The van der Waals surface area contributed by atoms with Crippen molar-refractivity contribution in [2.24, 2.45) is 5.73 Å². The summed E-state index contributed by atoms with van der Waals surface area (Å²) in [7, 11) is 3.29. The lowest BCUT2D eigenvalue weighted by atomic mass is 10.0. The molecule has 1 aromatic carbocycles. The van der Waals surface area contributed by atoms with Crippen molar-refractivity contribution in [3.05, 3.63) is 45.6 Å². The van der Waals surface area contributed by atoms with Crippen molar-refractivity contribution in [3.63, 3.8) is 0 Å². The highest BCUT2D eigenvalue weighted by Crippen LogP contribution is 2.31. The average molecular weight is 291 g/mol. The van der Waals surface area contributed by atoms with E-state index in [0.29, 0.717) is 0 Å². The number of methoxy groups -OCH3 is 2. The minimum Gasteiger partial charge on any atom is -0.493 e. The van der Waals surface area contributed by atoms with Crippen LogP contribution in [-0.2, 0) is 12.8 Å². The Labute approximate surface area is 124 Å². The molecule has 0 spiro atoms. The third-order valence-electron chi connectivity index (χ3n) is 3.40. The molecule has 0 amide bonds. The van der Waals surface area contributed by atoms with Gasteiger partial charge in [-0.15, -0.1) is 11.3 Å². The normalized spacial score (nSPS) is 12.2. The summed E-state index contributed by atoms with van der Waals surface area (Å²) in [6.07, 6.45) is 1.83. The number of benzene rings is 1. The molecular formula is C16H21NO2S. The number of nitrogens with two attached hydrogens (primary N) is 1. The molecule has 0 fully saturated rings. The summed E-state index contributed by atoms with van der Waals surface area (Å²) < 4.78 is 10.6. The molecule has 1 heterocycles. The molecule has 0 saturated carbocycles. The predicted octanol–water partition coefficient (Wildman–Crippen LogP) is 3.57. The van der Waals surface area contributed by atoms with Crippen LogP contribution in [0, 0.1) is 0 Å². The fourth-order valence-electron chi connectivity index (χ4n) is 2.32. The lowest BCUT2D eigenvalue weighted by molar-refractivity contribution is 0.354. The van der Waals surface area contributed by atoms with Crippen LogP contribution in [0.3, 0.4) is 0 Å². The smallest absolute Gasteiger partial charge is 0.160 e. The molecule has 4 heteroatoms. The zero-order valence-electron chi connectivity index (χ0n) is 12.2. The van der Waals surface area contributed by atoms with Gasteiger partial charge in [-0.2, -0.15) is 0 Å². The van der Waals surface area contributed by atoms with Gasteiger partial charge in [-0.05, 0) is 47.5 Å². The van der Waals surface area contributed by atoms with Crippen LogP contribution in [-0.4, -0.2) is 14.2 Å². The molecule has 0 aliphatic carbocycles. The Morgan fingerprint density at radius 2 is 1.90 bits per heavy atom. The molecule has 1 unspecified atom stereocenters. The molecule has 0 aliphatic heterocycles. The van der Waals surface area contributed by atoms with Gasteiger partial charge in [-0.25, -0.2) is 0 Å². The van der Waals surface area contributed by atoms with Crippen LogP contribution in [0.5, 0.6) is 11.5 Å². The van der Waals surface area contributed by atoms with Crippen LogP contribution < -0.4 is 15.2 Å². The number of ether oxygens (including phenoxy) is 2. The Balaban J connectivity index is 2.17. The van der Waals surface area contributed by atoms with Crippen LogP contribution in [0.25, 0.3) is 0 Å². The molecule has 2 N–H and O–H groups in total. The van der Waals surface area contributed by atoms with E-state index >= 15 is 0 Å². The van der Waals surface area contributed by atoms with Crippen molar-refractivity contribution >= 4 is 11.3 Å². The molecule has 0 radical (unpaired) electrons. The summed E-state index contributed by atoms with van der Waals surface area (Å²) in [4.78, 5) is 1.28. The van der Waals surface area contributed by atoms with Gasteiger partial charge in [0.1, 0.15) is 0 Å². The van der Waals surface area contributed by atoms with Crippen molar-refractivity contribution in [3.8, 4) is 11.5 Å². The van der Waals surface area contributed by atoms with Gasteiger partial charge in [0.05, 0.1) is 14.2 Å². The second-order valence-corrected chi connectivity index (χ2v) is 5.61. The van der Waals surface area contributed by atoms with E-state index in [9.17, 15) is 0 Å². The van der Waals surface area contributed by atoms with Gasteiger partial charge in [-0.1, -0.05) is 13.0 Å². The van der Waals surface area contributed by atoms with Crippen LogP contribution in [0.15, 0.2) is 29.6 Å². The lowest BCUT2D eigenvalue weighted by Crippen LogP contribution is -2.13. The molecule has 2 rings (SSSR count). The second kappa shape index (κ2) is 6.77. The van der Waals surface area contributed by atoms with Crippen molar-refractivity contribution in [1.82, 2.24) is 0 Å². The molecule has 20 heavy (non-hydrogen) atoms. The molecule has 0 bridgehead atoms. The monoisotopic (exact) mass is 291 g/mol. The maximum Gasteiger partial charge on any atom is 0.160 e. The third kappa shape index (κ3) is 3.14. The highest BCUT2D eigenvalue weighted by Gasteiger charge is 2.14. The fraction of sp³-hybridized carbons (Fsp3) is 0.375. The zero-order valence-corrected chi connectivity index (χ0v) is 13.0. The van der Waals surface area contributed by atoms with Gasteiger partial charge >= 0.3 is 0 Å². The first kappa shape index (κ1) is 14.9. The van der Waals surface area contributed by atoms with Gasteiger partial charge in [-0.3, -0.25) is 0 Å². The zero-order chi connectivity index (χ0) is 14.5. The number of hydrogen-bond donors (Lipinski definition) is 1. The summed E-state index contributed by atoms with van der Waals surface area (Å²) in [6, 6.07) is 8.16. The van der Waals surface area contributed by atoms with Gasteiger partial charge in [0.25, 0.3) is 0 Å². The van der Waals surface area contributed by atoms with E-state index in [4.69, 9.17) is 15.2 Å². The summed E-state index contributed by atoms with van der Waals surface area (Å²) >= 11 is 1.74. The third-order valence-corrected chi connectivity index (χ3v) is 4.49. The maximum atomic E-state index is 6.35. The van der Waals surface area contributed by atoms with Crippen LogP contribution in [0.4, 0.5) is 0 Å². The van der Waals surface area contributed by atoms with Gasteiger partial charge < -0.3 is 15.2 Å². The highest BCUT2D eigenvalue weighted by molar-refractivity contribution is 7.10. The largest absolute Gasteiger partial charge is 0.493 e. The molecule has 3 nitrogen and oxygen atoms in total. The van der Waals surface area contributed by atoms with Gasteiger partial charge in [0.2, 0.25) is 0 Å². The van der Waals surface area contributed by atoms with Crippen LogP contribution in [0.2, 0.25) is 0 Å². The Hall–Kier alpha value is -1.52. The first-order valence-electron chi connectivity index (χ1n) is 6.72. The van der Waals surface area contributed by atoms with E-state index in [1.807, 2.05) is 18.2 Å². The molecule has 1 aromatic heterocycles. The van der Waals surface area contributed by atoms with Crippen molar-refractivity contribution in [1.29, 1.82) is 0 Å². The van der Waals surface area contributed by atoms with Crippen LogP contribution in [0.1, 0.15) is 29.0 Å². The topological polar surface area (TPSA) is 44.5 Å². The Bertz CT molecular complexity index is 565. The Morgan fingerprint density at radius 1 is 1.15 bits per heavy atom. The molecule has 0 aliphatic rings. The predicted molar refractivity (Wildman–Crippen MR) is 83.9 cm³/mol. The molecule has 108 valence electrons. The first-order chi connectivity index (χ1) is 9.69. The number of thiophene rings is 1. The van der Waals surface area contributed by atoms with Crippen molar-refractivity contribution in [2.45, 2.75) is 25.8 Å². The summed E-state index contributed by atoms with van der Waals surface area (Å²) in [5.74, 6) is 1.49. The molecule has 0 saturated heterocycles. The highest BCUT2D eigenvalue weighted by atomic mass is 32.1. The van der Waals surface area contributed by atoms with Gasteiger partial charge in [0.15, 0.2) is 11.5 Å². The first-order valence-corrected chi connectivity index (χ1v) is 7.60.